The molecule has 0 N–H and O–H groups in total. The van der Waals surface area contributed by atoms with E-state index >= 15 is 0 Å². The van der Waals surface area contributed by atoms with Gasteiger partial charge in [-0.1, -0.05) is 58.4 Å². The van der Waals surface area contributed by atoms with E-state index in [1.807, 2.05) is 42.6 Å². The fourth-order valence-electron chi connectivity index (χ4n) is 2.97. The number of nitrogens with zero attached hydrogens (tertiary/aromatic N) is 4. The molecule has 0 bridgehead atoms. The van der Waals surface area contributed by atoms with E-state index in [0.717, 1.165) is 41.8 Å². The van der Waals surface area contributed by atoms with Gasteiger partial charge in [-0.2, -0.15) is 10.2 Å². The van der Waals surface area contributed by atoms with Gasteiger partial charge >= 0.3 is 0 Å². The molecule has 3 aromatic rings. The van der Waals surface area contributed by atoms with Gasteiger partial charge in [0.1, 0.15) is 12.9 Å². The quantitative estimate of drug-likeness (QED) is 0.377. The number of benzene rings is 2. The molecule has 0 spiro atoms. The van der Waals surface area contributed by atoms with Crippen molar-refractivity contribution in [3.05, 3.63) is 77.7 Å². The molecule has 2 aromatic carbocycles. The van der Waals surface area contributed by atoms with Crippen LogP contribution in [-0.4, -0.2) is 9.97 Å². The summed E-state index contributed by atoms with van der Waals surface area (Å²) in [6, 6.07) is 16.1. The van der Waals surface area contributed by atoms with Crippen molar-refractivity contribution in [2.75, 3.05) is 0 Å². The summed E-state index contributed by atoms with van der Waals surface area (Å²) in [4.78, 5) is 8.39. The number of aromatic nitrogens is 2. The van der Waals surface area contributed by atoms with Crippen LogP contribution < -0.4 is 4.74 Å². The zero-order chi connectivity index (χ0) is 21.4. The van der Waals surface area contributed by atoms with E-state index in [9.17, 15) is 0 Å². The molecule has 0 atom stereocenters. The molecular weight excluding hydrogens is 372 g/mol. The molecule has 0 unspecified atom stereocenters. The van der Waals surface area contributed by atoms with Crippen LogP contribution in [0.4, 0.5) is 11.4 Å². The first kappa shape index (κ1) is 21.6. The lowest BCUT2D eigenvalue weighted by molar-refractivity contribution is 0.289. The summed E-state index contributed by atoms with van der Waals surface area (Å²) in [5.74, 6) is 0.668. The van der Waals surface area contributed by atoms with Gasteiger partial charge in [0.2, 0.25) is 5.88 Å². The van der Waals surface area contributed by atoms with E-state index in [1.165, 1.54) is 11.9 Å². The first-order valence-electron chi connectivity index (χ1n) is 10.5. The van der Waals surface area contributed by atoms with Crippen molar-refractivity contribution in [3.63, 3.8) is 0 Å². The smallest absolute Gasteiger partial charge is 0.219 e. The summed E-state index contributed by atoms with van der Waals surface area (Å²) in [6.07, 6.45) is 6.54. The van der Waals surface area contributed by atoms with Crippen molar-refractivity contribution in [2.45, 2.75) is 59.0 Å². The second kappa shape index (κ2) is 10.1. The Morgan fingerprint density at radius 2 is 1.53 bits per heavy atom. The van der Waals surface area contributed by atoms with Crippen LogP contribution in [0, 0.1) is 0 Å². The number of aryl methyl sites for hydroxylation is 1. The average Bonchev–Trinajstić information content (AvgIpc) is 2.76. The lowest BCUT2D eigenvalue weighted by Gasteiger charge is -2.18. The SMILES string of the molecule is CCCCc1cncnc1OCc1ccc(N=Nc2ccc(C(C)(C)C)cc2)cc1. The summed E-state index contributed by atoms with van der Waals surface area (Å²) < 4.78 is 5.92. The number of ether oxygens (including phenoxy) is 1. The first-order valence-corrected chi connectivity index (χ1v) is 10.5. The van der Waals surface area contributed by atoms with E-state index < -0.39 is 0 Å². The minimum atomic E-state index is 0.135. The van der Waals surface area contributed by atoms with E-state index in [2.05, 4.69) is 60.0 Å². The van der Waals surface area contributed by atoms with Gasteiger partial charge in [-0.3, -0.25) is 0 Å². The van der Waals surface area contributed by atoms with Crippen molar-refractivity contribution >= 4 is 11.4 Å². The van der Waals surface area contributed by atoms with Gasteiger partial charge in [0, 0.05) is 11.8 Å². The van der Waals surface area contributed by atoms with Crippen molar-refractivity contribution in [3.8, 4) is 5.88 Å². The maximum absolute atomic E-state index is 5.92. The number of hydrogen-bond acceptors (Lipinski definition) is 5. The summed E-state index contributed by atoms with van der Waals surface area (Å²) in [5, 5.41) is 8.68. The van der Waals surface area contributed by atoms with Crippen molar-refractivity contribution < 1.29 is 4.74 Å². The van der Waals surface area contributed by atoms with Gasteiger partial charge in [-0.15, -0.1) is 0 Å². The fraction of sp³-hybridized carbons (Fsp3) is 0.360. The zero-order valence-corrected chi connectivity index (χ0v) is 18.3. The summed E-state index contributed by atoms with van der Waals surface area (Å²) in [6.45, 7) is 9.23. The predicted molar refractivity (Wildman–Crippen MR) is 121 cm³/mol. The highest BCUT2D eigenvalue weighted by molar-refractivity contribution is 5.43. The van der Waals surface area contributed by atoms with E-state index in [-0.39, 0.29) is 5.41 Å². The lowest BCUT2D eigenvalue weighted by atomic mass is 9.87. The Kier molecular flexibility index (Phi) is 7.28. The lowest BCUT2D eigenvalue weighted by Crippen LogP contribution is -2.10. The summed E-state index contributed by atoms with van der Waals surface area (Å²) in [7, 11) is 0. The molecule has 0 aliphatic rings. The van der Waals surface area contributed by atoms with Gasteiger partial charge in [0.25, 0.3) is 0 Å². The fourth-order valence-corrected chi connectivity index (χ4v) is 2.97. The predicted octanol–water partition coefficient (Wildman–Crippen LogP) is 7.11. The number of rotatable bonds is 8. The van der Waals surface area contributed by atoms with Crippen molar-refractivity contribution in [1.29, 1.82) is 0 Å². The Bertz CT molecular complexity index is 958. The van der Waals surface area contributed by atoms with Gasteiger partial charge < -0.3 is 4.74 Å². The Balaban J connectivity index is 1.58. The third-order valence-corrected chi connectivity index (χ3v) is 4.87. The maximum atomic E-state index is 5.92. The number of unbranched alkanes of at least 4 members (excludes halogenated alkanes) is 1. The van der Waals surface area contributed by atoms with Gasteiger partial charge in [-0.25, -0.2) is 9.97 Å². The van der Waals surface area contributed by atoms with Crippen LogP contribution in [0.3, 0.4) is 0 Å². The normalized spacial score (nSPS) is 11.7. The molecule has 0 radical (unpaired) electrons. The Labute approximate surface area is 179 Å². The number of azo groups is 1. The molecule has 0 amide bonds. The molecule has 5 heteroatoms. The summed E-state index contributed by atoms with van der Waals surface area (Å²) in [5.41, 5.74) is 5.19. The Morgan fingerprint density at radius 3 is 2.13 bits per heavy atom. The largest absolute Gasteiger partial charge is 0.473 e. The molecular formula is C25H30N4O. The number of hydrogen-bond donors (Lipinski definition) is 0. The van der Waals surface area contributed by atoms with Crippen LogP contribution in [0.25, 0.3) is 0 Å². The van der Waals surface area contributed by atoms with Gasteiger partial charge in [0.05, 0.1) is 11.4 Å². The van der Waals surface area contributed by atoms with E-state index in [0.29, 0.717) is 12.5 Å². The highest BCUT2D eigenvalue weighted by atomic mass is 16.5. The second-order valence-electron chi connectivity index (χ2n) is 8.41. The van der Waals surface area contributed by atoms with Crippen LogP contribution >= 0.6 is 0 Å². The molecule has 1 aromatic heterocycles. The molecule has 0 saturated heterocycles. The third-order valence-electron chi connectivity index (χ3n) is 4.87. The minimum absolute atomic E-state index is 0.135. The molecule has 5 nitrogen and oxygen atoms in total. The molecule has 0 aliphatic heterocycles. The maximum Gasteiger partial charge on any atom is 0.219 e. The van der Waals surface area contributed by atoms with Crippen LogP contribution in [0.2, 0.25) is 0 Å². The topological polar surface area (TPSA) is 59.7 Å². The minimum Gasteiger partial charge on any atom is -0.473 e. The van der Waals surface area contributed by atoms with Crippen LogP contribution in [-0.2, 0) is 18.4 Å². The molecule has 0 aliphatic carbocycles. The summed E-state index contributed by atoms with van der Waals surface area (Å²) >= 11 is 0. The monoisotopic (exact) mass is 402 g/mol. The van der Waals surface area contributed by atoms with Crippen LogP contribution in [0.15, 0.2) is 71.3 Å². The molecule has 3 rings (SSSR count). The molecule has 0 saturated carbocycles. The highest BCUT2D eigenvalue weighted by Gasteiger charge is 2.12. The van der Waals surface area contributed by atoms with Crippen LogP contribution in [0.1, 0.15) is 57.2 Å². The standard InChI is InChI=1S/C25H30N4O/c1-5-6-7-20-16-26-18-27-24(20)30-17-19-8-12-22(13-9-19)28-29-23-14-10-21(11-15-23)25(2,3)4/h8-16,18H,5-7,17H2,1-4H3. The van der Waals surface area contributed by atoms with Crippen molar-refractivity contribution in [2.24, 2.45) is 10.2 Å². The third kappa shape index (κ3) is 6.21. The van der Waals surface area contributed by atoms with E-state index in [4.69, 9.17) is 4.74 Å². The van der Waals surface area contributed by atoms with E-state index in [1.54, 1.807) is 0 Å². The Hall–Kier alpha value is -3.08. The first-order chi connectivity index (χ1) is 14.5. The Morgan fingerprint density at radius 1 is 0.900 bits per heavy atom. The molecule has 30 heavy (non-hydrogen) atoms. The van der Waals surface area contributed by atoms with Crippen LogP contribution in [0.5, 0.6) is 5.88 Å². The van der Waals surface area contributed by atoms with Gasteiger partial charge in [-0.05, 0) is 53.6 Å². The molecule has 156 valence electrons. The molecule has 0 fully saturated rings. The van der Waals surface area contributed by atoms with Crippen molar-refractivity contribution in [1.82, 2.24) is 9.97 Å². The second-order valence-corrected chi connectivity index (χ2v) is 8.41. The van der Waals surface area contributed by atoms with Gasteiger partial charge in [0.15, 0.2) is 0 Å². The average molecular weight is 403 g/mol. The zero-order valence-electron chi connectivity index (χ0n) is 18.3. The molecule has 1 heterocycles. The highest BCUT2D eigenvalue weighted by Crippen LogP contribution is 2.26.